The quantitative estimate of drug-likeness (QED) is 0.218. The third-order valence-corrected chi connectivity index (χ3v) is 5.63. The zero-order valence-corrected chi connectivity index (χ0v) is 18.9. The molecule has 1 amide bonds. The van der Waals surface area contributed by atoms with E-state index in [1.165, 1.54) is 0 Å². The fraction of sp³-hybridized carbons (Fsp3) is 0.107. The molecule has 0 aliphatic rings. The molecule has 4 rings (SSSR count). The molecular formula is C28H25N3O4. The van der Waals surface area contributed by atoms with E-state index >= 15 is 0 Å². The lowest BCUT2D eigenvalue weighted by Gasteiger charge is -2.15. The first-order valence-electron chi connectivity index (χ1n) is 11.1. The molecule has 0 saturated carbocycles. The average Bonchev–Trinajstić information content (AvgIpc) is 2.87. The highest BCUT2D eigenvalue weighted by atomic mass is 16.5. The van der Waals surface area contributed by atoms with Gasteiger partial charge in [0.1, 0.15) is 24.2 Å². The normalized spacial score (nSPS) is 11.5. The summed E-state index contributed by atoms with van der Waals surface area (Å²) in [5.41, 5.74) is 8.33. The fourth-order valence-corrected chi connectivity index (χ4v) is 3.70. The minimum atomic E-state index is -1.09. The maximum Gasteiger partial charge on any atom is 0.326 e. The number of nitrogen functional groups attached to an aromatic ring is 1. The van der Waals surface area contributed by atoms with Crippen LogP contribution < -0.4 is 15.8 Å². The zero-order valence-electron chi connectivity index (χ0n) is 18.9. The van der Waals surface area contributed by atoms with E-state index in [4.69, 9.17) is 15.9 Å². The molecule has 7 nitrogen and oxygen atoms in total. The first kappa shape index (κ1) is 23.5. The van der Waals surface area contributed by atoms with Crippen molar-refractivity contribution in [3.63, 3.8) is 0 Å². The van der Waals surface area contributed by atoms with Gasteiger partial charge in [0.25, 0.3) is 5.91 Å². The molecule has 7 heteroatoms. The molecule has 0 heterocycles. The first-order valence-corrected chi connectivity index (χ1v) is 11.1. The number of benzene rings is 4. The van der Waals surface area contributed by atoms with Crippen LogP contribution in [0.5, 0.6) is 5.75 Å². The van der Waals surface area contributed by atoms with E-state index in [1.54, 1.807) is 42.5 Å². The Hall–Kier alpha value is -4.65. The summed E-state index contributed by atoms with van der Waals surface area (Å²) in [4.78, 5) is 24.2. The standard InChI is InChI=1S/C28H25N3O4/c29-26(30)20-9-6-18(7-10-20)17-35-24-13-12-22-14-19(8-11-23(22)16-24)15-25(28(33)34)31-27(32)21-4-2-1-3-5-21/h1-14,16,25H,15,17H2,(H3,29,30)(H,31,32)(H,33,34). The van der Waals surface area contributed by atoms with E-state index in [1.807, 2.05) is 48.5 Å². The van der Waals surface area contributed by atoms with Crippen molar-refractivity contribution in [1.29, 1.82) is 5.41 Å². The van der Waals surface area contributed by atoms with Gasteiger partial charge in [-0.15, -0.1) is 0 Å². The van der Waals surface area contributed by atoms with Crippen LogP contribution in [0.4, 0.5) is 0 Å². The van der Waals surface area contributed by atoms with Crippen molar-refractivity contribution >= 4 is 28.5 Å². The maximum absolute atomic E-state index is 12.4. The molecule has 1 atom stereocenters. The fourth-order valence-electron chi connectivity index (χ4n) is 3.70. The number of fused-ring (bicyclic) bond motifs is 1. The topological polar surface area (TPSA) is 126 Å². The molecule has 0 spiro atoms. The number of hydrogen-bond acceptors (Lipinski definition) is 4. The van der Waals surface area contributed by atoms with E-state index in [2.05, 4.69) is 5.32 Å². The number of aliphatic carboxylic acids is 1. The monoisotopic (exact) mass is 467 g/mol. The Labute approximate surface area is 202 Å². The summed E-state index contributed by atoms with van der Waals surface area (Å²) < 4.78 is 5.90. The third kappa shape index (κ3) is 6.03. The van der Waals surface area contributed by atoms with Crippen molar-refractivity contribution in [3.05, 3.63) is 113 Å². The van der Waals surface area contributed by atoms with Crippen molar-refractivity contribution in [1.82, 2.24) is 5.32 Å². The van der Waals surface area contributed by atoms with Gasteiger partial charge < -0.3 is 20.9 Å². The highest BCUT2D eigenvalue weighted by Crippen LogP contribution is 2.23. The van der Waals surface area contributed by atoms with E-state index in [0.29, 0.717) is 23.5 Å². The summed E-state index contributed by atoms with van der Waals surface area (Å²) >= 11 is 0. The summed E-state index contributed by atoms with van der Waals surface area (Å²) in [6, 6.07) is 26.2. The molecule has 0 aliphatic carbocycles. The van der Waals surface area contributed by atoms with Crippen LogP contribution in [-0.2, 0) is 17.8 Å². The van der Waals surface area contributed by atoms with Crippen molar-refractivity contribution < 1.29 is 19.4 Å². The van der Waals surface area contributed by atoms with E-state index in [0.717, 1.165) is 21.9 Å². The van der Waals surface area contributed by atoms with E-state index in [9.17, 15) is 14.7 Å². The van der Waals surface area contributed by atoms with Gasteiger partial charge in [-0.1, -0.05) is 66.7 Å². The number of nitrogens with one attached hydrogen (secondary N) is 2. The number of nitrogens with two attached hydrogens (primary N) is 1. The van der Waals surface area contributed by atoms with Crippen molar-refractivity contribution in [2.75, 3.05) is 0 Å². The number of hydrogen-bond donors (Lipinski definition) is 4. The minimum Gasteiger partial charge on any atom is -0.489 e. The van der Waals surface area contributed by atoms with Crippen LogP contribution in [0.2, 0.25) is 0 Å². The Morgan fingerprint density at radius 2 is 1.51 bits per heavy atom. The van der Waals surface area contributed by atoms with Crippen LogP contribution >= 0.6 is 0 Å². The molecule has 0 fully saturated rings. The predicted octanol–water partition coefficient (Wildman–Crippen LogP) is 4.13. The van der Waals surface area contributed by atoms with Gasteiger partial charge in [0.2, 0.25) is 0 Å². The van der Waals surface area contributed by atoms with Crippen LogP contribution in [-0.4, -0.2) is 28.9 Å². The number of ether oxygens (including phenoxy) is 1. The van der Waals surface area contributed by atoms with Gasteiger partial charge in [0, 0.05) is 17.5 Å². The van der Waals surface area contributed by atoms with Gasteiger partial charge in [0.15, 0.2) is 0 Å². The lowest BCUT2D eigenvalue weighted by atomic mass is 10.0. The largest absolute Gasteiger partial charge is 0.489 e. The molecule has 4 aromatic carbocycles. The highest BCUT2D eigenvalue weighted by Gasteiger charge is 2.21. The molecule has 0 bridgehead atoms. The Morgan fingerprint density at radius 3 is 2.20 bits per heavy atom. The number of amides is 1. The van der Waals surface area contributed by atoms with Gasteiger partial charge >= 0.3 is 5.97 Å². The second-order valence-electron chi connectivity index (χ2n) is 8.18. The Morgan fingerprint density at radius 1 is 0.857 bits per heavy atom. The number of carboxylic acid groups (broad SMARTS) is 1. The maximum atomic E-state index is 12.4. The molecule has 0 saturated heterocycles. The summed E-state index contributed by atoms with van der Waals surface area (Å²) in [5.74, 6) is -0.773. The smallest absolute Gasteiger partial charge is 0.326 e. The number of rotatable bonds is 9. The molecular weight excluding hydrogens is 442 g/mol. The van der Waals surface area contributed by atoms with Crippen LogP contribution in [0.25, 0.3) is 10.8 Å². The molecule has 0 radical (unpaired) electrons. The van der Waals surface area contributed by atoms with Crippen LogP contribution in [0.1, 0.15) is 27.0 Å². The second kappa shape index (κ2) is 10.5. The molecule has 5 N–H and O–H groups in total. The summed E-state index contributed by atoms with van der Waals surface area (Å²) in [6.07, 6.45) is 0.165. The van der Waals surface area contributed by atoms with Gasteiger partial charge in [-0.05, 0) is 46.2 Å². The van der Waals surface area contributed by atoms with Gasteiger partial charge in [-0.2, -0.15) is 0 Å². The van der Waals surface area contributed by atoms with Crippen LogP contribution in [0.3, 0.4) is 0 Å². The van der Waals surface area contributed by atoms with Crippen molar-refractivity contribution in [3.8, 4) is 5.75 Å². The molecule has 0 aromatic heterocycles. The highest BCUT2D eigenvalue weighted by molar-refractivity contribution is 5.96. The molecule has 176 valence electrons. The molecule has 1 unspecified atom stereocenters. The van der Waals surface area contributed by atoms with Gasteiger partial charge in [-0.3, -0.25) is 10.2 Å². The zero-order chi connectivity index (χ0) is 24.8. The van der Waals surface area contributed by atoms with Crippen LogP contribution in [0.15, 0.2) is 91.0 Å². The Balaban J connectivity index is 1.42. The number of carbonyl (C=O) groups is 2. The summed E-state index contributed by atoms with van der Waals surface area (Å²) in [6.45, 7) is 0.378. The average molecular weight is 468 g/mol. The molecule has 0 aliphatic heterocycles. The van der Waals surface area contributed by atoms with E-state index < -0.39 is 17.9 Å². The Kier molecular flexibility index (Phi) is 7.07. The SMILES string of the molecule is N=C(N)c1ccc(COc2ccc3cc(CC(NC(=O)c4ccccc4)C(=O)O)ccc3c2)cc1. The minimum absolute atomic E-state index is 0.0274. The third-order valence-electron chi connectivity index (χ3n) is 5.63. The van der Waals surface area contributed by atoms with Gasteiger partial charge in [0.05, 0.1) is 0 Å². The Bertz CT molecular complexity index is 1370. The van der Waals surface area contributed by atoms with Crippen LogP contribution in [0, 0.1) is 5.41 Å². The predicted molar refractivity (Wildman–Crippen MR) is 135 cm³/mol. The lowest BCUT2D eigenvalue weighted by Crippen LogP contribution is -2.42. The van der Waals surface area contributed by atoms with Crippen molar-refractivity contribution in [2.24, 2.45) is 5.73 Å². The first-order chi connectivity index (χ1) is 16.9. The second-order valence-corrected chi connectivity index (χ2v) is 8.18. The number of amidine groups is 1. The molecule has 35 heavy (non-hydrogen) atoms. The van der Waals surface area contributed by atoms with Crippen molar-refractivity contribution in [2.45, 2.75) is 19.1 Å². The van der Waals surface area contributed by atoms with E-state index in [-0.39, 0.29) is 12.3 Å². The summed E-state index contributed by atoms with van der Waals surface area (Å²) in [5, 5.41) is 21.6. The summed E-state index contributed by atoms with van der Waals surface area (Å²) in [7, 11) is 0. The number of carbonyl (C=O) groups excluding carboxylic acids is 1. The molecule has 4 aromatic rings. The lowest BCUT2D eigenvalue weighted by molar-refractivity contribution is -0.139. The van der Waals surface area contributed by atoms with Gasteiger partial charge in [-0.25, -0.2) is 4.79 Å². The number of carboxylic acids is 1.